The third kappa shape index (κ3) is 2.86. The smallest absolute Gasteiger partial charge is 0.224 e. The number of nitrogens with one attached hydrogen (secondary N) is 1. The second-order valence-corrected chi connectivity index (χ2v) is 5.46. The molecule has 0 aromatic rings. The molecule has 0 spiro atoms. The van der Waals surface area contributed by atoms with Crippen LogP contribution in [-0.2, 0) is 9.53 Å². The molecule has 4 nitrogen and oxygen atoms in total. The van der Waals surface area contributed by atoms with Gasteiger partial charge in [-0.15, -0.1) is 0 Å². The SMILES string of the molecule is O=C(NCC1(O)CCOC1)C1CCSC1. The monoisotopic (exact) mass is 231 g/mol. The van der Waals surface area contributed by atoms with Crippen LogP contribution in [0.2, 0.25) is 0 Å². The molecule has 2 rings (SSSR count). The third-order valence-corrected chi connectivity index (χ3v) is 4.14. The van der Waals surface area contributed by atoms with E-state index in [0.717, 1.165) is 17.9 Å². The van der Waals surface area contributed by atoms with Crippen LogP contribution >= 0.6 is 11.8 Å². The molecule has 2 aliphatic heterocycles. The Kier molecular flexibility index (Phi) is 3.53. The topological polar surface area (TPSA) is 58.6 Å². The highest BCUT2D eigenvalue weighted by atomic mass is 32.2. The van der Waals surface area contributed by atoms with Gasteiger partial charge in [0.25, 0.3) is 0 Å². The molecule has 0 bridgehead atoms. The predicted molar refractivity (Wildman–Crippen MR) is 58.8 cm³/mol. The molecule has 0 aliphatic carbocycles. The van der Waals surface area contributed by atoms with E-state index in [1.54, 1.807) is 0 Å². The Morgan fingerprint density at radius 3 is 3.13 bits per heavy atom. The first-order chi connectivity index (χ1) is 7.20. The summed E-state index contributed by atoms with van der Waals surface area (Å²) in [5.41, 5.74) is -0.832. The van der Waals surface area contributed by atoms with Crippen LogP contribution in [0.1, 0.15) is 12.8 Å². The molecule has 2 heterocycles. The van der Waals surface area contributed by atoms with Gasteiger partial charge in [-0.1, -0.05) is 0 Å². The Morgan fingerprint density at radius 1 is 1.67 bits per heavy atom. The van der Waals surface area contributed by atoms with Gasteiger partial charge < -0.3 is 15.2 Å². The number of aliphatic hydroxyl groups is 1. The molecule has 2 N–H and O–H groups in total. The van der Waals surface area contributed by atoms with Crippen molar-refractivity contribution in [3.05, 3.63) is 0 Å². The van der Waals surface area contributed by atoms with Crippen molar-refractivity contribution in [3.8, 4) is 0 Å². The zero-order valence-corrected chi connectivity index (χ0v) is 9.52. The van der Waals surface area contributed by atoms with Gasteiger partial charge in [0.1, 0.15) is 5.60 Å². The maximum atomic E-state index is 11.7. The molecule has 86 valence electrons. The summed E-state index contributed by atoms with van der Waals surface area (Å²) >= 11 is 1.82. The van der Waals surface area contributed by atoms with Crippen LogP contribution in [0, 0.1) is 5.92 Å². The number of thioether (sulfide) groups is 1. The zero-order valence-electron chi connectivity index (χ0n) is 8.70. The number of amides is 1. The van der Waals surface area contributed by atoms with E-state index in [0.29, 0.717) is 26.2 Å². The average molecular weight is 231 g/mol. The number of ether oxygens (including phenoxy) is 1. The molecule has 2 fully saturated rings. The van der Waals surface area contributed by atoms with Gasteiger partial charge in [-0.05, 0) is 12.2 Å². The number of hydrogen-bond donors (Lipinski definition) is 2. The highest BCUT2D eigenvalue weighted by Crippen LogP contribution is 2.24. The molecule has 5 heteroatoms. The fourth-order valence-electron chi connectivity index (χ4n) is 1.87. The summed E-state index contributed by atoms with van der Waals surface area (Å²) in [6.45, 7) is 1.26. The van der Waals surface area contributed by atoms with Crippen LogP contribution in [0.3, 0.4) is 0 Å². The van der Waals surface area contributed by atoms with Crippen LogP contribution in [0.15, 0.2) is 0 Å². The van der Waals surface area contributed by atoms with E-state index in [1.165, 1.54) is 0 Å². The minimum atomic E-state index is -0.832. The Labute approximate surface area is 93.8 Å². The molecular weight excluding hydrogens is 214 g/mol. The van der Waals surface area contributed by atoms with E-state index >= 15 is 0 Å². The predicted octanol–water partition coefficient (Wildman–Crippen LogP) is 0.00710. The molecule has 2 saturated heterocycles. The van der Waals surface area contributed by atoms with Crippen molar-refractivity contribution in [2.75, 3.05) is 31.3 Å². The lowest BCUT2D eigenvalue weighted by Gasteiger charge is -2.21. The summed E-state index contributed by atoms with van der Waals surface area (Å²) in [5.74, 6) is 2.22. The van der Waals surface area contributed by atoms with Gasteiger partial charge in [-0.2, -0.15) is 11.8 Å². The van der Waals surface area contributed by atoms with Gasteiger partial charge in [-0.3, -0.25) is 4.79 Å². The number of carbonyl (C=O) groups is 1. The standard InChI is InChI=1S/C10H17NO3S/c12-9(8-1-4-15-5-8)11-6-10(13)2-3-14-7-10/h8,13H,1-7H2,(H,11,12). The first-order valence-electron chi connectivity index (χ1n) is 5.35. The minimum Gasteiger partial charge on any atom is -0.386 e. The van der Waals surface area contributed by atoms with Crippen LogP contribution in [0.4, 0.5) is 0 Å². The summed E-state index contributed by atoms with van der Waals surface area (Å²) in [7, 11) is 0. The molecule has 2 unspecified atom stereocenters. The summed E-state index contributed by atoms with van der Waals surface area (Å²) < 4.78 is 5.11. The van der Waals surface area contributed by atoms with Crippen molar-refractivity contribution in [2.45, 2.75) is 18.4 Å². The molecule has 1 amide bonds. The lowest BCUT2D eigenvalue weighted by Crippen LogP contribution is -2.45. The van der Waals surface area contributed by atoms with Crippen molar-refractivity contribution in [1.29, 1.82) is 0 Å². The normalized spacial score (nSPS) is 35.7. The molecule has 0 saturated carbocycles. The Bertz CT molecular complexity index is 235. The fourth-order valence-corrected chi connectivity index (χ4v) is 3.09. The average Bonchev–Trinajstić information content (AvgIpc) is 2.85. The Morgan fingerprint density at radius 2 is 2.53 bits per heavy atom. The summed E-state index contributed by atoms with van der Waals surface area (Å²) in [6.07, 6.45) is 1.58. The number of rotatable bonds is 3. The molecule has 0 aromatic heterocycles. The largest absolute Gasteiger partial charge is 0.386 e. The first kappa shape index (κ1) is 11.2. The minimum absolute atomic E-state index is 0.0836. The summed E-state index contributed by atoms with van der Waals surface area (Å²) in [6, 6.07) is 0. The van der Waals surface area contributed by atoms with Gasteiger partial charge in [0, 0.05) is 31.2 Å². The second kappa shape index (κ2) is 4.72. The highest BCUT2D eigenvalue weighted by Gasteiger charge is 2.33. The number of hydrogen-bond acceptors (Lipinski definition) is 4. The van der Waals surface area contributed by atoms with Crippen molar-refractivity contribution in [1.82, 2.24) is 5.32 Å². The van der Waals surface area contributed by atoms with E-state index in [-0.39, 0.29) is 11.8 Å². The lowest BCUT2D eigenvalue weighted by molar-refractivity contribution is -0.125. The third-order valence-electron chi connectivity index (χ3n) is 2.97. The van der Waals surface area contributed by atoms with Gasteiger partial charge >= 0.3 is 0 Å². The fraction of sp³-hybridized carbons (Fsp3) is 0.900. The lowest BCUT2D eigenvalue weighted by atomic mass is 10.0. The summed E-state index contributed by atoms with van der Waals surface area (Å²) in [5, 5.41) is 12.8. The van der Waals surface area contributed by atoms with Crippen LogP contribution in [0.25, 0.3) is 0 Å². The Balaban J connectivity index is 1.74. The molecule has 0 radical (unpaired) electrons. The van der Waals surface area contributed by atoms with Crippen LogP contribution in [-0.4, -0.2) is 47.9 Å². The molecular formula is C10H17NO3S. The van der Waals surface area contributed by atoms with Gasteiger partial charge in [-0.25, -0.2) is 0 Å². The van der Waals surface area contributed by atoms with E-state index in [2.05, 4.69) is 5.32 Å². The van der Waals surface area contributed by atoms with Crippen molar-refractivity contribution < 1.29 is 14.6 Å². The first-order valence-corrected chi connectivity index (χ1v) is 6.51. The van der Waals surface area contributed by atoms with Crippen molar-refractivity contribution >= 4 is 17.7 Å². The Hall–Kier alpha value is -0.260. The molecule has 0 aromatic carbocycles. The molecule has 2 aliphatic rings. The number of carbonyl (C=O) groups excluding carboxylic acids is 1. The van der Waals surface area contributed by atoms with Crippen LogP contribution in [0.5, 0.6) is 0 Å². The molecule has 2 atom stereocenters. The maximum absolute atomic E-state index is 11.7. The van der Waals surface area contributed by atoms with Gasteiger partial charge in [0.05, 0.1) is 6.61 Å². The molecule has 15 heavy (non-hydrogen) atoms. The summed E-state index contributed by atoms with van der Waals surface area (Å²) in [4.78, 5) is 11.7. The van der Waals surface area contributed by atoms with Crippen molar-refractivity contribution in [2.24, 2.45) is 5.92 Å². The van der Waals surface area contributed by atoms with E-state index < -0.39 is 5.60 Å². The zero-order chi connectivity index (χ0) is 10.7. The second-order valence-electron chi connectivity index (χ2n) is 4.31. The quantitative estimate of drug-likeness (QED) is 0.718. The van der Waals surface area contributed by atoms with E-state index in [1.807, 2.05) is 11.8 Å². The highest BCUT2D eigenvalue weighted by molar-refractivity contribution is 7.99. The van der Waals surface area contributed by atoms with E-state index in [9.17, 15) is 9.90 Å². The maximum Gasteiger partial charge on any atom is 0.224 e. The van der Waals surface area contributed by atoms with Crippen molar-refractivity contribution in [3.63, 3.8) is 0 Å². The van der Waals surface area contributed by atoms with Crippen LogP contribution < -0.4 is 5.32 Å². The van der Waals surface area contributed by atoms with Gasteiger partial charge in [0.2, 0.25) is 5.91 Å². The van der Waals surface area contributed by atoms with E-state index in [4.69, 9.17) is 4.74 Å². The van der Waals surface area contributed by atoms with Gasteiger partial charge in [0.15, 0.2) is 0 Å².